The van der Waals surface area contributed by atoms with E-state index in [-0.39, 0.29) is 5.91 Å². The molecule has 1 aromatic heterocycles. The highest BCUT2D eigenvalue weighted by Crippen LogP contribution is 2.38. The van der Waals surface area contributed by atoms with Crippen molar-refractivity contribution >= 4 is 85.1 Å². The van der Waals surface area contributed by atoms with E-state index in [1.807, 2.05) is 24.3 Å². The molecule has 3 aromatic rings. The molecule has 1 aliphatic heterocycles. The second-order valence-electron chi connectivity index (χ2n) is 5.82. The van der Waals surface area contributed by atoms with Crippen LogP contribution in [-0.4, -0.2) is 10.2 Å². The number of carbonyl (C=O) groups excluding carboxylic acids is 1. The fourth-order valence-electron chi connectivity index (χ4n) is 2.70. The van der Waals surface area contributed by atoms with E-state index in [0.717, 1.165) is 4.47 Å². The van der Waals surface area contributed by atoms with Crippen molar-refractivity contribution in [2.24, 2.45) is 0 Å². The van der Waals surface area contributed by atoms with E-state index < -0.39 is 0 Å². The number of anilines is 1. The van der Waals surface area contributed by atoms with Crippen LogP contribution in [0.3, 0.4) is 0 Å². The zero-order valence-electron chi connectivity index (χ0n) is 14.0. The molecule has 1 fully saturated rings. The Balaban J connectivity index is 1.64. The van der Waals surface area contributed by atoms with E-state index in [4.69, 9.17) is 39.8 Å². The zero-order chi connectivity index (χ0) is 19.8. The van der Waals surface area contributed by atoms with Gasteiger partial charge in [-0.1, -0.05) is 69.2 Å². The largest absolute Gasteiger partial charge is 0.457 e. The molecule has 140 valence electrons. The monoisotopic (exact) mass is 509 g/mol. The van der Waals surface area contributed by atoms with Crippen molar-refractivity contribution in [1.29, 1.82) is 0 Å². The maximum absolute atomic E-state index is 12.9. The number of benzene rings is 2. The summed E-state index contributed by atoms with van der Waals surface area (Å²) in [6, 6.07) is 16.2. The molecule has 0 spiro atoms. The lowest BCUT2D eigenvalue weighted by molar-refractivity contribution is -0.113. The first-order valence-electron chi connectivity index (χ1n) is 8.01. The molecular weight excluding hydrogens is 501 g/mol. The molecule has 3 nitrogen and oxygen atoms in total. The van der Waals surface area contributed by atoms with E-state index in [0.29, 0.717) is 42.0 Å². The first kappa shape index (κ1) is 19.7. The topological polar surface area (TPSA) is 33.5 Å². The normalized spacial score (nSPS) is 15.7. The van der Waals surface area contributed by atoms with Gasteiger partial charge in [0.25, 0.3) is 5.91 Å². The Hall–Kier alpha value is -1.57. The summed E-state index contributed by atoms with van der Waals surface area (Å²) < 4.78 is 7.20. The van der Waals surface area contributed by atoms with Gasteiger partial charge in [-0.2, -0.15) is 0 Å². The Morgan fingerprint density at radius 3 is 2.71 bits per heavy atom. The number of carbonyl (C=O) groups is 1. The van der Waals surface area contributed by atoms with Gasteiger partial charge in [-0.05, 0) is 48.5 Å². The molecule has 0 N–H and O–H groups in total. The molecule has 0 bridgehead atoms. The molecule has 2 aromatic carbocycles. The molecule has 4 rings (SSSR count). The lowest BCUT2D eigenvalue weighted by Gasteiger charge is -2.14. The predicted octanol–water partition coefficient (Wildman–Crippen LogP) is 7.42. The first-order chi connectivity index (χ1) is 13.4. The molecule has 28 heavy (non-hydrogen) atoms. The lowest BCUT2D eigenvalue weighted by Crippen LogP contribution is -2.27. The average molecular weight is 511 g/mol. The van der Waals surface area contributed by atoms with Crippen LogP contribution in [0.25, 0.3) is 17.4 Å². The highest BCUT2D eigenvalue weighted by atomic mass is 79.9. The van der Waals surface area contributed by atoms with Crippen LogP contribution in [0.5, 0.6) is 0 Å². The number of halogens is 3. The number of hydrogen-bond donors (Lipinski definition) is 0. The number of thioether (sulfide) groups is 1. The van der Waals surface area contributed by atoms with Crippen LogP contribution < -0.4 is 4.90 Å². The summed E-state index contributed by atoms with van der Waals surface area (Å²) in [7, 11) is 0. The van der Waals surface area contributed by atoms with Gasteiger partial charge in [0.2, 0.25) is 0 Å². The van der Waals surface area contributed by atoms with Crippen LogP contribution in [0.15, 0.2) is 68.4 Å². The minimum atomic E-state index is -0.188. The summed E-state index contributed by atoms with van der Waals surface area (Å²) in [5.74, 6) is 0.911. The maximum Gasteiger partial charge on any atom is 0.270 e. The summed E-state index contributed by atoms with van der Waals surface area (Å²) in [6.45, 7) is 0. The maximum atomic E-state index is 12.9. The van der Waals surface area contributed by atoms with Crippen LogP contribution in [-0.2, 0) is 4.79 Å². The molecule has 0 saturated carbocycles. The number of rotatable bonds is 3. The van der Waals surface area contributed by atoms with E-state index in [2.05, 4.69) is 15.9 Å². The fourth-order valence-corrected chi connectivity index (χ4v) is 4.75. The van der Waals surface area contributed by atoms with Gasteiger partial charge < -0.3 is 4.42 Å². The zero-order valence-corrected chi connectivity index (χ0v) is 18.7. The molecule has 0 aliphatic carbocycles. The summed E-state index contributed by atoms with van der Waals surface area (Å²) >= 11 is 22.3. The molecule has 1 amide bonds. The summed E-state index contributed by atoms with van der Waals surface area (Å²) in [5.41, 5.74) is 1.40. The standard InChI is InChI=1S/C20H10BrCl2NO2S2/c21-11-2-1-3-13(8-11)24-19(25)18(28-20(24)27)10-14-5-7-17(26-14)15-9-12(22)4-6-16(15)23/h1-10H/b18-10+. The van der Waals surface area contributed by atoms with Gasteiger partial charge in [-0.15, -0.1) is 0 Å². The highest BCUT2D eigenvalue weighted by molar-refractivity contribution is 9.10. The van der Waals surface area contributed by atoms with Gasteiger partial charge >= 0.3 is 0 Å². The first-order valence-corrected chi connectivity index (χ1v) is 10.8. The molecule has 0 unspecified atom stereocenters. The Bertz CT molecular complexity index is 1140. The second kappa shape index (κ2) is 8.05. The number of thiocarbonyl (C=S) groups is 1. The predicted molar refractivity (Wildman–Crippen MR) is 124 cm³/mol. The molecule has 1 saturated heterocycles. The van der Waals surface area contributed by atoms with Crippen LogP contribution in [0.4, 0.5) is 5.69 Å². The van der Waals surface area contributed by atoms with Crippen LogP contribution in [0.1, 0.15) is 5.76 Å². The number of furan rings is 1. The summed E-state index contributed by atoms with van der Waals surface area (Å²) in [6.07, 6.45) is 1.68. The Morgan fingerprint density at radius 2 is 1.93 bits per heavy atom. The van der Waals surface area contributed by atoms with Crippen molar-refractivity contribution in [3.8, 4) is 11.3 Å². The molecule has 0 atom stereocenters. The van der Waals surface area contributed by atoms with Crippen LogP contribution in [0.2, 0.25) is 10.0 Å². The number of hydrogen-bond acceptors (Lipinski definition) is 4. The van der Waals surface area contributed by atoms with Crippen molar-refractivity contribution in [2.75, 3.05) is 4.90 Å². The third kappa shape index (κ3) is 3.93. The summed E-state index contributed by atoms with van der Waals surface area (Å²) in [4.78, 5) is 14.9. The number of amides is 1. The second-order valence-corrected chi connectivity index (χ2v) is 9.26. The van der Waals surface area contributed by atoms with E-state index >= 15 is 0 Å². The Morgan fingerprint density at radius 1 is 1.11 bits per heavy atom. The molecular formula is C20H10BrCl2NO2S2. The molecule has 2 heterocycles. The fraction of sp³-hybridized carbons (Fsp3) is 0. The molecule has 8 heteroatoms. The van der Waals surface area contributed by atoms with Crippen LogP contribution >= 0.6 is 63.1 Å². The van der Waals surface area contributed by atoms with Gasteiger partial charge in [-0.3, -0.25) is 9.69 Å². The Labute approximate surface area is 189 Å². The van der Waals surface area contributed by atoms with Gasteiger partial charge in [0.05, 0.1) is 15.6 Å². The van der Waals surface area contributed by atoms with Crippen molar-refractivity contribution in [3.63, 3.8) is 0 Å². The third-order valence-electron chi connectivity index (χ3n) is 3.95. The minimum Gasteiger partial charge on any atom is -0.457 e. The van der Waals surface area contributed by atoms with Gasteiger partial charge in [0.1, 0.15) is 11.5 Å². The lowest BCUT2D eigenvalue weighted by atomic mass is 10.2. The van der Waals surface area contributed by atoms with E-state index in [1.165, 1.54) is 16.7 Å². The molecule has 1 aliphatic rings. The third-order valence-corrected chi connectivity index (χ3v) is 6.31. The minimum absolute atomic E-state index is 0.188. The quantitative estimate of drug-likeness (QED) is 0.271. The Kier molecular flexibility index (Phi) is 5.67. The van der Waals surface area contributed by atoms with E-state index in [9.17, 15) is 4.79 Å². The van der Waals surface area contributed by atoms with Gasteiger partial charge in [-0.25, -0.2) is 0 Å². The van der Waals surface area contributed by atoms with Crippen molar-refractivity contribution in [3.05, 3.63) is 79.8 Å². The number of nitrogens with zero attached hydrogens (tertiary/aromatic N) is 1. The molecule has 0 radical (unpaired) electrons. The van der Waals surface area contributed by atoms with Gasteiger partial charge in [0, 0.05) is 21.1 Å². The summed E-state index contributed by atoms with van der Waals surface area (Å²) in [5, 5.41) is 1.10. The van der Waals surface area contributed by atoms with Crippen molar-refractivity contribution in [1.82, 2.24) is 0 Å². The van der Waals surface area contributed by atoms with Crippen molar-refractivity contribution in [2.45, 2.75) is 0 Å². The van der Waals surface area contributed by atoms with Crippen LogP contribution in [0, 0.1) is 0 Å². The van der Waals surface area contributed by atoms with E-state index in [1.54, 1.807) is 36.4 Å². The SMILES string of the molecule is O=C1/C(=C\c2ccc(-c3cc(Cl)ccc3Cl)o2)SC(=S)N1c1cccc(Br)c1. The highest BCUT2D eigenvalue weighted by Gasteiger charge is 2.33. The average Bonchev–Trinajstić information content (AvgIpc) is 3.22. The van der Waals surface area contributed by atoms with Crippen molar-refractivity contribution < 1.29 is 9.21 Å². The smallest absolute Gasteiger partial charge is 0.270 e. The van der Waals surface area contributed by atoms with Gasteiger partial charge in [0.15, 0.2) is 4.32 Å².